The van der Waals surface area contributed by atoms with Crippen molar-refractivity contribution < 1.29 is 4.79 Å². The minimum atomic E-state index is 0.0193. The molecule has 0 aliphatic heterocycles. The fourth-order valence-corrected chi connectivity index (χ4v) is 2.08. The second kappa shape index (κ2) is 7.86. The molecule has 0 radical (unpaired) electrons. The zero-order chi connectivity index (χ0) is 14.3. The molecule has 1 aromatic carbocycles. The van der Waals surface area contributed by atoms with Crippen LogP contribution in [0.1, 0.15) is 17.9 Å². The molecule has 1 rings (SSSR count). The Morgan fingerprint density at radius 1 is 1.42 bits per heavy atom. The summed E-state index contributed by atoms with van der Waals surface area (Å²) in [5, 5.41) is 2.61. The molecule has 5 heteroatoms. The van der Waals surface area contributed by atoms with Gasteiger partial charge in [-0.15, -0.1) is 0 Å². The summed E-state index contributed by atoms with van der Waals surface area (Å²) in [7, 11) is 3.61. The number of carbonyl (C=O) groups is 1. The molecule has 3 N–H and O–H groups in total. The Labute approximate surface area is 120 Å². The molecule has 1 aromatic rings. The summed E-state index contributed by atoms with van der Waals surface area (Å²) < 4.78 is 0. The van der Waals surface area contributed by atoms with Crippen LogP contribution in [-0.2, 0) is 4.79 Å². The second-order valence-corrected chi connectivity index (χ2v) is 5.02. The van der Waals surface area contributed by atoms with Crippen molar-refractivity contribution in [3.63, 3.8) is 0 Å². The minimum Gasteiger partial charge on any atom is -0.393 e. The minimum absolute atomic E-state index is 0.0193. The number of hydrogen-bond acceptors (Lipinski definition) is 3. The van der Waals surface area contributed by atoms with Crippen LogP contribution < -0.4 is 11.1 Å². The molecule has 4 nitrogen and oxygen atoms in total. The number of nitrogens with two attached hydrogens (primary N) is 1. The summed E-state index contributed by atoms with van der Waals surface area (Å²) in [6, 6.07) is 9.97. The van der Waals surface area contributed by atoms with Crippen LogP contribution in [0, 0.1) is 0 Å². The highest BCUT2D eigenvalue weighted by Gasteiger charge is 2.17. The van der Waals surface area contributed by atoms with Crippen LogP contribution in [0.3, 0.4) is 0 Å². The molecule has 0 aromatic heterocycles. The van der Waals surface area contributed by atoms with Crippen molar-refractivity contribution in [2.45, 2.75) is 12.3 Å². The molecule has 19 heavy (non-hydrogen) atoms. The van der Waals surface area contributed by atoms with E-state index >= 15 is 0 Å². The highest BCUT2D eigenvalue weighted by molar-refractivity contribution is 7.80. The molecule has 0 aliphatic rings. The van der Waals surface area contributed by atoms with Crippen molar-refractivity contribution in [1.82, 2.24) is 10.2 Å². The molecule has 0 saturated heterocycles. The third-order valence-electron chi connectivity index (χ3n) is 3.04. The third-order valence-corrected chi connectivity index (χ3v) is 3.32. The van der Waals surface area contributed by atoms with Crippen LogP contribution >= 0.6 is 12.2 Å². The summed E-state index contributed by atoms with van der Waals surface area (Å²) in [5.74, 6) is 0.0596. The Morgan fingerprint density at radius 2 is 2.05 bits per heavy atom. The molecule has 0 bridgehead atoms. The average Bonchev–Trinajstić information content (AvgIpc) is 2.42. The van der Waals surface area contributed by atoms with Gasteiger partial charge in [0, 0.05) is 32.5 Å². The van der Waals surface area contributed by atoms with Gasteiger partial charge in [0.25, 0.3) is 0 Å². The topological polar surface area (TPSA) is 58.4 Å². The Morgan fingerprint density at radius 3 is 2.58 bits per heavy atom. The van der Waals surface area contributed by atoms with E-state index in [4.69, 9.17) is 18.0 Å². The lowest BCUT2D eigenvalue weighted by Gasteiger charge is -2.23. The summed E-state index contributed by atoms with van der Waals surface area (Å²) in [6.45, 7) is 1.40. The number of hydrogen-bond donors (Lipinski definition) is 2. The molecule has 1 atom stereocenters. The van der Waals surface area contributed by atoms with Gasteiger partial charge in [-0.3, -0.25) is 4.79 Å². The average molecular weight is 279 g/mol. The van der Waals surface area contributed by atoms with Gasteiger partial charge in [-0.1, -0.05) is 42.5 Å². The highest BCUT2D eigenvalue weighted by Crippen LogP contribution is 2.17. The molecule has 1 amide bonds. The van der Waals surface area contributed by atoms with E-state index in [-0.39, 0.29) is 11.8 Å². The van der Waals surface area contributed by atoms with Crippen LogP contribution in [0.2, 0.25) is 0 Å². The quantitative estimate of drug-likeness (QED) is 0.735. The van der Waals surface area contributed by atoms with Gasteiger partial charge in [-0.2, -0.15) is 0 Å². The van der Waals surface area contributed by atoms with E-state index in [2.05, 4.69) is 10.2 Å². The standard InChI is InChI=1S/C14H21N3OS/c1-16-13(18)8-9-17(2)10-12(14(15)19)11-6-4-3-5-7-11/h3-7,12H,8-10H2,1-2H3,(H2,15,19)(H,16,18). The van der Waals surface area contributed by atoms with Crippen LogP contribution in [0.15, 0.2) is 30.3 Å². The van der Waals surface area contributed by atoms with E-state index in [1.165, 1.54) is 0 Å². The van der Waals surface area contributed by atoms with E-state index in [9.17, 15) is 4.79 Å². The third kappa shape index (κ3) is 5.36. The van der Waals surface area contributed by atoms with Gasteiger partial charge in [0.05, 0.1) is 4.99 Å². The van der Waals surface area contributed by atoms with Crippen molar-refractivity contribution in [3.05, 3.63) is 35.9 Å². The smallest absolute Gasteiger partial charge is 0.221 e. The van der Waals surface area contributed by atoms with Crippen molar-refractivity contribution in [2.24, 2.45) is 5.73 Å². The molecule has 0 heterocycles. The largest absolute Gasteiger partial charge is 0.393 e. The van der Waals surface area contributed by atoms with Crippen LogP contribution in [0.4, 0.5) is 0 Å². The Balaban J connectivity index is 2.60. The van der Waals surface area contributed by atoms with E-state index in [1.54, 1.807) is 7.05 Å². The van der Waals surface area contributed by atoms with E-state index in [1.807, 2.05) is 37.4 Å². The Hall–Kier alpha value is -1.46. The fraction of sp³-hybridized carbons (Fsp3) is 0.429. The molecular weight excluding hydrogens is 258 g/mol. The zero-order valence-electron chi connectivity index (χ0n) is 11.4. The van der Waals surface area contributed by atoms with E-state index in [0.29, 0.717) is 18.0 Å². The predicted octanol–water partition coefficient (Wildman–Crippen LogP) is 1.12. The lowest BCUT2D eigenvalue weighted by atomic mass is 9.98. The first kappa shape index (κ1) is 15.6. The molecule has 0 saturated carbocycles. The number of rotatable bonds is 7. The normalized spacial score (nSPS) is 12.2. The number of thiocarbonyl (C=S) groups is 1. The zero-order valence-corrected chi connectivity index (χ0v) is 12.2. The summed E-state index contributed by atoms with van der Waals surface area (Å²) in [4.78, 5) is 13.8. The second-order valence-electron chi connectivity index (χ2n) is 4.55. The first-order valence-electron chi connectivity index (χ1n) is 6.28. The predicted molar refractivity (Wildman–Crippen MR) is 82.1 cm³/mol. The lowest BCUT2D eigenvalue weighted by molar-refractivity contribution is -0.120. The van der Waals surface area contributed by atoms with Gasteiger partial charge in [0.1, 0.15) is 0 Å². The number of amides is 1. The number of nitrogens with zero attached hydrogens (tertiary/aromatic N) is 1. The highest BCUT2D eigenvalue weighted by atomic mass is 32.1. The van der Waals surface area contributed by atoms with Crippen molar-refractivity contribution in [3.8, 4) is 0 Å². The van der Waals surface area contributed by atoms with Gasteiger partial charge in [0.2, 0.25) is 5.91 Å². The van der Waals surface area contributed by atoms with E-state index in [0.717, 1.165) is 12.1 Å². The van der Waals surface area contributed by atoms with Gasteiger partial charge in [-0.25, -0.2) is 0 Å². The van der Waals surface area contributed by atoms with Gasteiger partial charge < -0.3 is 16.0 Å². The van der Waals surface area contributed by atoms with Crippen LogP contribution in [0.25, 0.3) is 0 Å². The first-order chi connectivity index (χ1) is 9.04. The molecule has 1 unspecified atom stereocenters. The Bertz CT molecular complexity index is 422. The SMILES string of the molecule is CNC(=O)CCN(C)CC(C(N)=S)c1ccccc1. The summed E-state index contributed by atoms with van der Waals surface area (Å²) >= 11 is 5.15. The molecule has 0 spiro atoms. The number of likely N-dealkylation sites (N-methyl/N-ethyl adjacent to an activating group) is 1. The molecular formula is C14H21N3OS. The Kier molecular flexibility index (Phi) is 6.45. The number of carbonyl (C=O) groups excluding carboxylic acids is 1. The van der Waals surface area contributed by atoms with Crippen LogP contribution in [0.5, 0.6) is 0 Å². The van der Waals surface area contributed by atoms with Gasteiger partial charge in [-0.05, 0) is 12.6 Å². The number of nitrogens with one attached hydrogen (secondary N) is 1. The van der Waals surface area contributed by atoms with Crippen molar-refractivity contribution in [2.75, 3.05) is 27.2 Å². The monoisotopic (exact) mass is 279 g/mol. The van der Waals surface area contributed by atoms with E-state index < -0.39 is 0 Å². The molecule has 0 aliphatic carbocycles. The molecule has 104 valence electrons. The maximum Gasteiger partial charge on any atom is 0.221 e. The fourth-order valence-electron chi connectivity index (χ4n) is 1.87. The number of benzene rings is 1. The van der Waals surface area contributed by atoms with Gasteiger partial charge in [0.15, 0.2) is 0 Å². The lowest BCUT2D eigenvalue weighted by Crippen LogP contribution is -2.34. The maximum atomic E-state index is 11.2. The van der Waals surface area contributed by atoms with Gasteiger partial charge >= 0.3 is 0 Å². The summed E-state index contributed by atoms with van der Waals surface area (Å²) in [5.41, 5.74) is 6.94. The van der Waals surface area contributed by atoms with Crippen LogP contribution in [-0.4, -0.2) is 43.0 Å². The van der Waals surface area contributed by atoms with Crippen molar-refractivity contribution in [1.29, 1.82) is 0 Å². The first-order valence-corrected chi connectivity index (χ1v) is 6.68. The summed E-state index contributed by atoms with van der Waals surface area (Å²) in [6.07, 6.45) is 0.478. The maximum absolute atomic E-state index is 11.2. The molecule has 0 fully saturated rings. The van der Waals surface area contributed by atoms with Crippen molar-refractivity contribution >= 4 is 23.1 Å².